The van der Waals surface area contributed by atoms with Crippen LogP contribution in [0.15, 0.2) is 59.0 Å². The lowest BCUT2D eigenvalue weighted by Crippen LogP contribution is -2.35. The number of carbonyl (C=O) groups excluding carboxylic acids is 2. The fraction of sp³-hybridized carbons (Fsp3) is 0.238. The molecule has 0 aliphatic rings. The van der Waals surface area contributed by atoms with Gasteiger partial charge >= 0.3 is 0 Å². The summed E-state index contributed by atoms with van der Waals surface area (Å²) < 4.78 is 5.79. The van der Waals surface area contributed by atoms with Crippen molar-refractivity contribution in [2.45, 2.75) is 19.8 Å². The molecule has 0 unspecified atom stereocenters. The second-order valence-corrected chi connectivity index (χ2v) is 6.35. The molecular weight excluding hydrogens is 328 g/mol. The summed E-state index contributed by atoms with van der Waals surface area (Å²) in [7, 11) is 0. The molecule has 0 radical (unpaired) electrons. The molecule has 2 aromatic carbocycles. The first-order chi connectivity index (χ1) is 12.5. The average molecular weight is 350 g/mol. The Labute approximate surface area is 152 Å². The Kier molecular flexibility index (Phi) is 5.37. The normalized spacial score (nSPS) is 10.8. The molecule has 0 aliphatic carbocycles. The third kappa shape index (κ3) is 4.11. The lowest BCUT2D eigenvalue weighted by molar-refractivity contribution is -0.118. The monoisotopic (exact) mass is 350 g/mol. The van der Waals surface area contributed by atoms with Crippen LogP contribution in [0.3, 0.4) is 0 Å². The van der Waals surface area contributed by atoms with Gasteiger partial charge in [0, 0.05) is 24.9 Å². The minimum Gasteiger partial charge on any atom is -0.451 e. The zero-order valence-corrected chi connectivity index (χ0v) is 14.8. The highest BCUT2D eigenvalue weighted by Crippen LogP contribution is 2.23. The van der Waals surface area contributed by atoms with Crippen molar-refractivity contribution >= 4 is 22.8 Å². The molecule has 0 saturated carbocycles. The largest absolute Gasteiger partial charge is 0.451 e. The van der Waals surface area contributed by atoms with Crippen LogP contribution in [0.1, 0.15) is 28.1 Å². The van der Waals surface area contributed by atoms with Crippen LogP contribution < -0.4 is 5.73 Å². The number of benzene rings is 2. The molecule has 1 heterocycles. The number of hydrogen-bond donors (Lipinski definition) is 1. The van der Waals surface area contributed by atoms with Crippen LogP contribution in [0.2, 0.25) is 0 Å². The van der Waals surface area contributed by atoms with Crippen molar-refractivity contribution in [2.75, 3.05) is 13.1 Å². The van der Waals surface area contributed by atoms with Gasteiger partial charge < -0.3 is 15.1 Å². The first-order valence-electron chi connectivity index (χ1n) is 8.65. The third-order valence-electron chi connectivity index (χ3n) is 4.38. The van der Waals surface area contributed by atoms with Crippen LogP contribution in [0.5, 0.6) is 0 Å². The Bertz CT molecular complexity index is 915. The summed E-state index contributed by atoms with van der Waals surface area (Å²) in [6.45, 7) is 2.71. The second kappa shape index (κ2) is 7.87. The molecule has 1 aromatic heterocycles. The standard InChI is InChI=1S/C21H22N2O3/c1-15-6-5-9-17-14-18(26-20(15)17)21(25)23(13-11-19(22)24)12-10-16-7-3-2-4-8-16/h2-9,14H,10-13H2,1H3,(H2,22,24). The molecule has 134 valence electrons. The zero-order chi connectivity index (χ0) is 18.5. The summed E-state index contributed by atoms with van der Waals surface area (Å²) >= 11 is 0. The van der Waals surface area contributed by atoms with Crippen LogP contribution in [0, 0.1) is 6.92 Å². The maximum atomic E-state index is 12.9. The predicted octanol–water partition coefficient (Wildman–Crippen LogP) is 3.30. The highest BCUT2D eigenvalue weighted by atomic mass is 16.3. The molecule has 3 aromatic rings. The lowest BCUT2D eigenvalue weighted by Gasteiger charge is -2.21. The Balaban J connectivity index is 1.80. The molecule has 0 atom stereocenters. The van der Waals surface area contributed by atoms with Gasteiger partial charge in [0.05, 0.1) is 0 Å². The van der Waals surface area contributed by atoms with Gasteiger partial charge in [-0.25, -0.2) is 0 Å². The highest BCUT2D eigenvalue weighted by Gasteiger charge is 2.20. The number of amides is 2. The van der Waals surface area contributed by atoms with Gasteiger partial charge in [0.15, 0.2) is 5.76 Å². The van der Waals surface area contributed by atoms with Gasteiger partial charge in [0.1, 0.15) is 5.58 Å². The van der Waals surface area contributed by atoms with E-state index in [0.717, 1.165) is 16.5 Å². The summed E-state index contributed by atoms with van der Waals surface area (Å²) in [4.78, 5) is 25.8. The first kappa shape index (κ1) is 17.7. The Morgan fingerprint density at radius 2 is 1.81 bits per heavy atom. The summed E-state index contributed by atoms with van der Waals surface area (Å²) in [6, 6.07) is 17.5. The number of nitrogens with zero attached hydrogens (tertiary/aromatic N) is 1. The topological polar surface area (TPSA) is 76.5 Å². The number of hydrogen-bond acceptors (Lipinski definition) is 3. The fourth-order valence-electron chi connectivity index (χ4n) is 2.94. The number of aryl methyl sites for hydroxylation is 1. The van der Waals surface area contributed by atoms with Gasteiger partial charge in [0.25, 0.3) is 5.91 Å². The van der Waals surface area contributed by atoms with E-state index in [1.54, 1.807) is 11.0 Å². The molecule has 2 N–H and O–H groups in total. The van der Waals surface area contributed by atoms with Crippen molar-refractivity contribution in [2.24, 2.45) is 5.73 Å². The van der Waals surface area contributed by atoms with Crippen LogP contribution in [0.4, 0.5) is 0 Å². The number of rotatable bonds is 7. The molecule has 0 aliphatic heterocycles. The Morgan fingerprint density at radius 1 is 1.04 bits per heavy atom. The maximum Gasteiger partial charge on any atom is 0.289 e. The van der Waals surface area contributed by atoms with Gasteiger partial charge in [-0.2, -0.15) is 0 Å². The minimum atomic E-state index is -0.428. The molecule has 0 fully saturated rings. The smallest absolute Gasteiger partial charge is 0.289 e. The van der Waals surface area contributed by atoms with E-state index in [9.17, 15) is 9.59 Å². The van der Waals surface area contributed by atoms with Gasteiger partial charge in [-0.05, 0) is 30.5 Å². The van der Waals surface area contributed by atoms with Crippen molar-refractivity contribution in [3.63, 3.8) is 0 Å². The summed E-state index contributed by atoms with van der Waals surface area (Å²) in [6.07, 6.45) is 0.824. The number of fused-ring (bicyclic) bond motifs is 1. The van der Waals surface area contributed by atoms with E-state index in [4.69, 9.17) is 10.2 Å². The number of furan rings is 1. The van der Waals surface area contributed by atoms with Crippen molar-refractivity contribution < 1.29 is 14.0 Å². The molecule has 0 spiro atoms. The lowest BCUT2D eigenvalue weighted by atomic mass is 10.1. The Morgan fingerprint density at radius 3 is 2.50 bits per heavy atom. The van der Waals surface area contributed by atoms with E-state index in [0.29, 0.717) is 18.5 Å². The van der Waals surface area contributed by atoms with Gasteiger partial charge in [-0.15, -0.1) is 0 Å². The van der Waals surface area contributed by atoms with E-state index in [1.807, 2.05) is 55.5 Å². The zero-order valence-electron chi connectivity index (χ0n) is 14.8. The minimum absolute atomic E-state index is 0.125. The van der Waals surface area contributed by atoms with E-state index in [-0.39, 0.29) is 24.6 Å². The summed E-state index contributed by atoms with van der Waals surface area (Å²) in [5.41, 5.74) is 8.09. The number of carbonyl (C=O) groups is 2. The molecule has 5 heteroatoms. The molecule has 26 heavy (non-hydrogen) atoms. The summed E-state index contributed by atoms with van der Waals surface area (Å²) in [5.74, 6) is -0.368. The molecule has 0 bridgehead atoms. The van der Waals surface area contributed by atoms with E-state index >= 15 is 0 Å². The molecule has 5 nitrogen and oxygen atoms in total. The summed E-state index contributed by atoms with van der Waals surface area (Å²) in [5, 5.41) is 0.895. The molecule has 2 amide bonds. The second-order valence-electron chi connectivity index (χ2n) is 6.35. The van der Waals surface area contributed by atoms with Crippen LogP contribution in [-0.4, -0.2) is 29.8 Å². The first-order valence-corrected chi connectivity index (χ1v) is 8.65. The highest BCUT2D eigenvalue weighted by molar-refractivity contribution is 5.96. The Hall–Kier alpha value is -3.08. The van der Waals surface area contributed by atoms with E-state index < -0.39 is 5.91 Å². The quantitative estimate of drug-likeness (QED) is 0.710. The van der Waals surface area contributed by atoms with Crippen molar-refractivity contribution in [1.29, 1.82) is 0 Å². The van der Waals surface area contributed by atoms with E-state index in [1.165, 1.54) is 0 Å². The molecule has 3 rings (SSSR count). The van der Waals surface area contributed by atoms with Crippen molar-refractivity contribution in [3.8, 4) is 0 Å². The van der Waals surface area contributed by atoms with Crippen molar-refractivity contribution in [3.05, 3.63) is 71.5 Å². The van der Waals surface area contributed by atoms with Crippen molar-refractivity contribution in [1.82, 2.24) is 4.90 Å². The van der Waals surface area contributed by atoms with Gasteiger partial charge in [0.2, 0.25) is 5.91 Å². The van der Waals surface area contributed by atoms with Crippen LogP contribution in [-0.2, 0) is 11.2 Å². The number of nitrogens with two attached hydrogens (primary N) is 1. The van der Waals surface area contributed by atoms with Gasteiger partial charge in [-0.1, -0.05) is 48.5 Å². The maximum absolute atomic E-state index is 12.9. The predicted molar refractivity (Wildman–Crippen MR) is 101 cm³/mol. The fourth-order valence-corrected chi connectivity index (χ4v) is 2.94. The SMILES string of the molecule is Cc1cccc2cc(C(=O)N(CCC(N)=O)CCc3ccccc3)oc12. The van der Waals surface area contributed by atoms with Gasteiger partial charge in [-0.3, -0.25) is 9.59 Å². The van der Waals surface area contributed by atoms with Crippen LogP contribution >= 0.6 is 0 Å². The molecular formula is C21H22N2O3. The average Bonchev–Trinajstić information content (AvgIpc) is 3.08. The van der Waals surface area contributed by atoms with E-state index in [2.05, 4.69) is 0 Å². The number of para-hydroxylation sites is 1. The van der Waals surface area contributed by atoms with Crippen LogP contribution in [0.25, 0.3) is 11.0 Å². The number of primary amides is 1. The molecule has 0 saturated heterocycles. The third-order valence-corrected chi connectivity index (χ3v) is 4.38.